The second kappa shape index (κ2) is 7.86. The summed E-state index contributed by atoms with van der Waals surface area (Å²) >= 11 is 0. The fraction of sp³-hybridized carbons (Fsp3) is 0.125. The van der Waals surface area contributed by atoms with E-state index in [4.69, 9.17) is 4.74 Å². The molecule has 9 heteroatoms. The third-order valence-corrected chi connectivity index (χ3v) is 4.52. The van der Waals surface area contributed by atoms with Crippen LogP contribution in [0, 0.1) is 5.82 Å². The Hall–Kier alpha value is -2.78. The highest BCUT2D eigenvalue weighted by Gasteiger charge is 2.16. The lowest BCUT2D eigenvalue weighted by atomic mass is 10.2. The van der Waals surface area contributed by atoms with Crippen LogP contribution in [0.25, 0.3) is 0 Å². The molecule has 0 fully saturated rings. The van der Waals surface area contributed by atoms with E-state index >= 15 is 0 Å². The third-order valence-electron chi connectivity index (χ3n) is 3.11. The number of esters is 1. The summed E-state index contributed by atoms with van der Waals surface area (Å²) in [6, 6.07) is 10.3. The fourth-order valence-corrected chi connectivity index (χ4v) is 2.63. The minimum absolute atomic E-state index is 0.00842. The molecule has 2 rings (SSSR count). The first-order valence-corrected chi connectivity index (χ1v) is 8.56. The van der Waals surface area contributed by atoms with Crippen LogP contribution < -0.4 is 10.0 Å². The summed E-state index contributed by atoms with van der Waals surface area (Å²) in [6.45, 7) is -0.570. The molecule has 0 atom stereocenters. The van der Waals surface area contributed by atoms with Crippen molar-refractivity contribution in [3.63, 3.8) is 0 Å². The smallest absolute Gasteiger partial charge is 0.338 e. The molecule has 0 aromatic heterocycles. The van der Waals surface area contributed by atoms with Crippen molar-refractivity contribution in [3.8, 4) is 0 Å². The van der Waals surface area contributed by atoms with Crippen LogP contribution >= 0.6 is 0 Å². The summed E-state index contributed by atoms with van der Waals surface area (Å²) in [4.78, 5) is 23.6. The number of hydrogen-bond donors (Lipinski definition) is 2. The van der Waals surface area contributed by atoms with Crippen molar-refractivity contribution >= 4 is 27.6 Å². The maximum Gasteiger partial charge on any atom is 0.338 e. The molecule has 7 nitrogen and oxygen atoms in total. The van der Waals surface area contributed by atoms with Gasteiger partial charge in [0.05, 0.1) is 10.5 Å². The second-order valence-corrected chi connectivity index (χ2v) is 6.75. The SMILES string of the molecule is CNS(=O)(=O)c1cccc(C(=O)OCC(=O)Nc2ccc(F)cc2)c1. The number of hydrogen-bond acceptors (Lipinski definition) is 5. The van der Waals surface area contributed by atoms with Crippen molar-refractivity contribution in [1.82, 2.24) is 4.72 Å². The molecule has 0 bridgehead atoms. The number of nitrogens with one attached hydrogen (secondary N) is 2. The van der Waals surface area contributed by atoms with Crippen LogP contribution in [-0.4, -0.2) is 33.9 Å². The first-order valence-electron chi connectivity index (χ1n) is 7.08. The molecule has 2 aromatic carbocycles. The Balaban J connectivity index is 1.97. The third kappa shape index (κ3) is 5.10. The van der Waals surface area contributed by atoms with E-state index in [0.717, 1.165) is 6.07 Å². The van der Waals surface area contributed by atoms with Gasteiger partial charge in [-0.2, -0.15) is 0 Å². The average molecular weight is 366 g/mol. The predicted molar refractivity (Wildman–Crippen MR) is 88.0 cm³/mol. The molecule has 1 amide bonds. The molecule has 0 unspecified atom stereocenters. The van der Waals surface area contributed by atoms with Gasteiger partial charge in [-0.1, -0.05) is 6.07 Å². The van der Waals surface area contributed by atoms with E-state index in [1.165, 1.54) is 49.5 Å². The first-order chi connectivity index (χ1) is 11.8. The van der Waals surface area contributed by atoms with Crippen molar-refractivity contribution in [3.05, 3.63) is 59.9 Å². The van der Waals surface area contributed by atoms with Crippen LogP contribution in [0.5, 0.6) is 0 Å². The molecule has 2 N–H and O–H groups in total. The Kier molecular flexibility index (Phi) is 5.84. The maximum absolute atomic E-state index is 12.8. The average Bonchev–Trinajstić information content (AvgIpc) is 2.61. The molecule has 0 aliphatic rings. The normalized spacial score (nSPS) is 11.0. The van der Waals surface area contributed by atoms with E-state index < -0.39 is 34.3 Å². The molecule has 0 aliphatic carbocycles. The summed E-state index contributed by atoms with van der Waals surface area (Å²) in [5.41, 5.74) is 0.343. The largest absolute Gasteiger partial charge is 0.452 e. The summed E-state index contributed by atoms with van der Waals surface area (Å²) < 4.78 is 43.2. The monoisotopic (exact) mass is 366 g/mol. The van der Waals surface area contributed by atoms with Crippen LogP contribution in [0.3, 0.4) is 0 Å². The minimum atomic E-state index is -3.70. The lowest BCUT2D eigenvalue weighted by Crippen LogP contribution is -2.21. The number of halogens is 1. The zero-order valence-electron chi connectivity index (χ0n) is 13.2. The molecule has 0 heterocycles. The Morgan fingerprint density at radius 3 is 2.44 bits per heavy atom. The Morgan fingerprint density at radius 2 is 1.80 bits per heavy atom. The van der Waals surface area contributed by atoms with Crippen molar-refractivity contribution in [2.75, 3.05) is 19.0 Å². The van der Waals surface area contributed by atoms with Crippen LogP contribution in [0.2, 0.25) is 0 Å². The Bertz CT molecular complexity index is 882. The number of sulfonamides is 1. The molecule has 0 aliphatic heterocycles. The Morgan fingerprint density at radius 1 is 1.12 bits per heavy atom. The molecular weight excluding hydrogens is 351 g/mol. The van der Waals surface area contributed by atoms with Crippen LogP contribution in [0.15, 0.2) is 53.4 Å². The summed E-state index contributed by atoms with van der Waals surface area (Å²) in [5.74, 6) is -1.90. The second-order valence-electron chi connectivity index (χ2n) is 4.87. The lowest BCUT2D eigenvalue weighted by molar-refractivity contribution is -0.119. The van der Waals surface area contributed by atoms with Crippen molar-refractivity contribution in [2.45, 2.75) is 4.90 Å². The van der Waals surface area contributed by atoms with Crippen LogP contribution in [0.4, 0.5) is 10.1 Å². The van der Waals surface area contributed by atoms with Crippen LogP contribution in [0.1, 0.15) is 10.4 Å². The van der Waals surface area contributed by atoms with E-state index in [1.807, 2.05) is 0 Å². The summed E-state index contributed by atoms with van der Waals surface area (Å²) in [7, 11) is -2.45. The standard InChI is InChI=1S/C16H15FN2O5S/c1-18-25(22,23)14-4-2-3-11(9-14)16(21)24-10-15(20)19-13-7-5-12(17)6-8-13/h2-9,18H,10H2,1H3,(H,19,20). The number of anilines is 1. The highest BCUT2D eigenvalue weighted by atomic mass is 32.2. The molecule has 0 radical (unpaired) electrons. The molecule has 25 heavy (non-hydrogen) atoms. The van der Waals surface area contributed by atoms with Gasteiger partial charge >= 0.3 is 5.97 Å². The van der Waals surface area contributed by atoms with Gasteiger partial charge in [-0.15, -0.1) is 0 Å². The van der Waals surface area contributed by atoms with Gasteiger partial charge in [0, 0.05) is 5.69 Å². The molecular formula is C16H15FN2O5S. The number of ether oxygens (including phenoxy) is 1. The van der Waals surface area contributed by atoms with Gasteiger partial charge < -0.3 is 10.1 Å². The maximum atomic E-state index is 12.8. The number of carbonyl (C=O) groups is 2. The predicted octanol–water partition coefficient (Wildman–Crippen LogP) is 1.53. The van der Waals surface area contributed by atoms with Gasteiger partial charge in [-0.3, -0.25) is 4.79 Å². The molecule has 0 saturated carbocycles. The fourth-order valence-electron chi connectivity index (χ4n) is 1.85. The molecule has 0 saturated heterocycles. The van der Waals surface area contributed by atoms with E-state index in [2.05, 4.69) is 10.0 Å². The number of carbonyl (C=O) groups excluding carboxylic acids is 2. The van der Waals surface area contributed by atoms with Crippen molar-refractivity contribution in [2.24, 2.45) is 0 Å². The quantitative estimate of drug-likeness (QED) is 0.755. The van der Waals surface area contributed by atoms with E-state index in [-0.39, 0.29) is 10.5 Å². The van der Waals surface area contributed by atoms with E-state index in [0.29, 0.717) is 5.69 Å². The van der Waals surface area contributed by atoms with Gasteiger partial charge in [-0.25, -0.2) is 22.3 Å². The number of amides is 1. The van der Waals surface area contributed by atoms with Gasteiger partial charge in [0.2, 0.25) is 10.0 Å². The van der Waals surface area contributed by atoms with E-state index in [9.17, 15) is 22.4 Å². The van der Waals surface area contributed by atoms with Gasteiger partial charge in [-0.05, 0) is 49.5 Å². The highest BCUT2D eigenvalue weighted by Crippen LogP contribution is 2.12. The van der Waals surface area contributed by atoms with Gasteiger partial charge in [0.1, 0.15) is 5.82 Å². The Labute approximate surface area is 143 Å². The molecule has 132 valence electrons. The van der Waals surface area contributed by atoms with Crippen LogP contribution in [-0.2, 0) is 19.6 Å². The van der Waals surface area contributed by atoms with Gasteiger partial charge in [0.25, 0.3) is 5.91 Å². The van der Waals surface area contributed by atoms with Gasteiger partial charge in [0.15, 0.2) is 6.61 Å². The van der Waals surface area contributed by atoms with Crippen molar-refractivity contribution < 1.29 is 27.1 Å². The molecule has 0 spiro atoms. The summed E-state index contributed by atoms with van der Waals surface area (Å²) in [6.07, 6.45) is 0. The first kappa shape index (κ1) is 18.6. The molecule has 2 aromatic rings. The number of rotatable bonds is 6. The van der Waals surface area contributed by atoms with E-state index in [1.54, 1.807) is 0 Å². The highest BCUT2D eigenvalue weighted by molar-refractivity contribution is 7.89. The zero-order chi connectivity index (χ0) is 18.4. The number of benzene rings is 2. The van der Waals surface area contributed by atoms with Crippen molar-refractivity contribution in [1.29, 1.82) is 0 Å². The zero-order valence-corrected chi connectivity index (χ0v) is 14.0. The minimum Gasteiger partial charge on any atom is -0.452 e. The summed E-state index contributed by atoms with van der Waals surface area (Å²) in [5, 5.41) is 2.43. The topological polar surface area (TPSA) is 102 Å². The lowest BCUT2D eigenvalue weighted by Gasteiger charge is -2.08.